The zero-order chi connectivity index (χ0) is 9.40. The van der Waals surface area contributed by atoms with E-state index in [0.717, 1.165) is 13.1 Å². The highest BCUT2D eigenvalue weighted by Crippen LogP contribution is 1.89. The quantitative estimate of drug-likeness (QED) is 0.543. The molecule has 0 radical (unpaired) electrons. The molecule has 0 spiro atoms. The van der Waals surface area contributed by atoms with Gasteiger partial charge in [0.05, 0.1) is 0 Å². The molecule has 0 amide bonds. The van der Waals surface area contributed by atoms with E-state index in [0.29, 0.717) is 6.04 Å². The summed E-state index contributed by atoms with van der Waals surface area (Å²) in [6.45, 7) is 5.12. The zero-order valence-corrected chi connectivity index (χ0v) is 8.64. The fraction of sp³-hybridized carbons (Fsp3) is 1.00. The Morgan fingerprint density at radius 1 is 1.33 bits per heavy atom. The molecule has 1 unspecified atom stereocenters. The number of nitrogens with two attached hydrogens (primary N) is 1. The van der Waals surface area contributed by atoms with Crippen LogP contribution in [-0.2, 0) is 0 Å². The molecule has 0 aliphatic carbocycles. The highest BCUT2D eigenvalue weighted by molar-refractivity contribution is 4.60. The van der Waals surface area contributed by atoms with Gasteiger partial charge in [-0.1, -0.05) is 0 Å². The number of nitrogens with zero attached hydrogens (tertiary/aromatic N) is 1. The second-order valence-corrected chi connectivity index (χ2v) is 3.60. The van der Waals surface area contributed by atoms with Crippen molar-refractivity contribution in [3.8, 4) is 0 Å². The van der Waals surface area contributed by atoms with Gasteiger partial charge in [0.1, 0.15) is 0 Å². The molecule has 0 fully saturated rings. The van der Waals surface area contributed by atoms with Crippen molar-refractivity contribution in [1.29, 1.82) is 0 Å². The smallest absolute Gasteiger partial charge is 0.0161 e. The van der Waals surface area contributed by atoms with Gasteiger partial charge in [-0.25, -0.2) is 0 Å². The molecule has 0 aliphatic rings. The number of rotatable bonds is 7. The summed E-state index contributed by atoms with van der Waals surface area (Å²) in [6.07, 6.45) is 2.50. The maximum atomic E-state index is 5.46. The van der Waals surface area contributed by atoms with Gasteiger partial charge in [-0.15, -0.1) is 0 Å². The molecule has 0 aromatic rings. The minimum atomic E-state index is 0.462. The first-order chi connectivity index (χ1) is 5.66. The number of unbranched alkanes of at least 4 members (excludes halogenated alkanes) is 1. The van der Waals surface area contributed by atoms with Gasteiger partial charge in [-0.2, -0.15) is 0 Å². The molecule has 0 heterocycles. The van der Waals surface area contributed by atoms with E-state index in [2.05, 4.69) is 31.2 Å². The molecule has 0 bridgehead atoms. The predicted octanol–water partition coefficient (Wildman–Crippen LogP) is 0.265. The molecule has 3 nitrogen and oxygen atoms in total. The van der Waals surface area contributed by atoms with E-state index in [1.807, 2.05) is 0 Å². The van der Waals surface area contributed by atoms with Crippen LogP contribution in [0, 0.1) is 0 Å². The van der Waals surface area contributed by atoms with Crippen molar-refractivity contribution in [3.63, 3.8) is 0 Å². The summed E-state index contributed by atoms with van der Waals surface area (Å²) >= 11 is 0. The molecule has 0 aliphatic heterocycles. The summed E-state index contributed by atoms with van der Waals surface area (Å²) < 4.78 is 0. The Kier molecular flexibility index (Phi) is 7.45. The second kappa shape index (κ2) is 7.53. The van der Waals surface area contributed by atoms with Gasteiger partial charge in [-0.05, 0) is 47.0 Å². The Morgan fingerprint density at radius 3 is 2.50 bits per heavy atom. The molecule has 0 saturated heterocycles. The largest absolute Gasteiger partial charge is 0.329 e. The molecular formula is C9H23N3. The summed E-state index contributed by atoms with van der Waals surface area (Å²) in [7, 11) is 4.21. The fourth-order valence-electron chi connectivity index (χ4n) is 0.985. The van der Waals surface area contributed by atoms with Crippen LogP contribution in [0.15, 0.2) is 0 Å². The average molecular weight is 173 g/mol. The van der Waals surface area contributed by atoms with Gasteiger partial charge in [-0.3, -0.25) is 0 Å². The van der Waals surface area contributed by atoms with E-state index in [4.69, 9.17) is 5.73 Å². The minimum Gasteiger partial charge on any atom is -0.329 e. The van der Waals surface area contributed by atoms with Gasteiger partial charge in [0.15, 0.2) is 0 Å². The average Bonchev–Trinajstić information content (AvgIpc) is 2.03. The molecule has 1 atom stereocenters. The topological polar surface area (TPSA) is 41.3 Å². The van der Waals surface area contributed by atoms with Crippen LogP contribution in [0.3, 0.4) is 0 Å². The Labute approximate surface area is 76.3 Å². The van der Waals surface area contributed by atoms with Gasteiger partial charge in [0, 0.05) is 12.6 Å². The van der Waals surface area contributed by atoms with Crippen LogP contribution >= 0.6 is 0 Å². The van der Waals surface area contributed by atoms with Crippen LogP contribution in [0.5, 0.6) is 0 Å². The van der Waals surface area contributed by atoms with Crippen molar-refractivity contribution in [1.82, 2.24) is 10.2 Å². The van der Waals surface area contributed by atoms with Crippen LogP contribution in [0.4, 0.5) is 0 Å². The van der Waals surface area contributed by atoms with Crippen LogP contribution in [-0.4, -0.2) is 44.7 Å². The standard InChI is InChI=1S/C9H23N3/c1-9(8-10)11-6-4-5-7-12(2)3/h9,11H,4-8,10H2,1-3H3. The second-order valence-electron chi connectivity index (χ2n) is 3.60. The minimum absolute atomic E-state index is 0.462. The van der Waals surface area contributed by atoms with Crippen molar-refractivity contribution in [2.24, 2.45) is 5.73 Å². The summed E-state index contributed by atoms with van der Waals surface area (Å²) in [5.41, 5.74) is 5.46. The molecule has 0 aromatic carbocycles. The first kappa shape index (κ1) is 11.9. The van der Waals surface area contributed by atoms with E-state index in [1.165, 1.54) is 19.4 Å². The van der Waals surface area contributed by atoms with Gasteiger partial charge >= 0.3 is 0 Å². The van der Waals surface area contributed by atoms with E-state index in [1.54, 1.807) is 0 Å². The van der Waals surface area contributed by atoms with E-state index < -0.39 is 0 Å². The van der Waals surface area contributed by atoms with Crippen molar-refractivity contribution in [2.45, 2.75) is 25.8 Å². The van der Waals surface area contributed by atoms with E-state index in [-0.39, 0.29) is 0 Å². The Hall–Kier alpha value is -0.120. The highest BCUT2D eigenvalue weighted by atomic mass is 15.0. The van der Waals surface area contributed by atoms with Crippen molar-refractivity contribution < 1.29 is 0 Å². The number of hydrogen-bond acceptors (Lipinski definition) is 3. The summed E-state index contributed by atoms with van der Waals surface area (Å²) in [5.74, 6) is 0. The molecule has 3 N–H and O–H groups in total. The third kappa shape index (κ3) is 7.98. The fourth-order valence-corrected chi connectivity index (χ4v) is 0.985. The molecular weight excluding hydrogens is 150 g/mol. The van der Waals surface area contributed by atoms with Gasteiger partial charge in [0.25, 0.3) is 0 Å². The van der Waals surface area contributed by atoms with E-state index >= 15 is 0 Å². The third-order valence-electron chi connectivity index (χ3n) is 1.88. The van der Waals surface area contributed by atoms with Crippen LogP contribution in [0.2, 0.25) is 0 Å². The van der Waals surface area contributed by atoms with Crippen LogP contribution in [0.25, 0.3) is 0 Å². The third-order valence-corrected chi connectivity index (χ3v) is 1.88. The molecule has 3 heteroatoms. The number of hydrogen-bond donors (Lipinski definition) is 2. The maximum Gasteiger partial charge on any atom is 0.0161 e. The van der Waals surface area contributed by atoms with Crippen molar-refractivity contribution in [3.05, 3.63) is 0 Å². The zero-order valence-electron chi connectivity index (χ0n) is 8.64. The lowest BCUT2D eigenvalue weighted by molar-refractivity contribution is 0.389. The molecule has 74 valence electrons. The van der Waals surface area contributed by atoms with Crippen molar-refractivity contribution >= 4 is 0 Å². The van der Waals surface area contributed by atoms with Gasteiger partial charge < -0.3 is 16.0 Å². The van der Waals surface area contributed by atoms with Gasteiger partial charge in [0.2, 0.25) is 0 Å². The Bertz CT molecular complexity index is 93.8. The monoisotopic (exact) mass is 173 g/mol. The normalized spacial score (nSPS) is 13.8. The number of nitrogens with one attached hydrogen (secondary N) is 1. The maximum absolute atomic E-state index is 5.46. The lowest BCUT2D eigenvalue weighted by Gasteiger charge is -2.12. The predicted molar refractivity (Wildman–Crippen MR) is 54.3 cm³/mol. The van der Waals surface area contributed by atoms with E-state index in [9.17, 15) is 0 Å². The van der Waals surface area contributed by atoms with Crippen LogP contribution < -0.4 is 11.1 Å². The molecule has 0 rings (SSSR count). The molecule has 0 aromatic heterocycles. The Balaban J connectivity index is 3.00. The first-order valence-electron chi connectivity index (χ1n) is 4.75. The summed E-state index contributed by atoms with van der Waals surface area (Å²) in [4.78, 5) is 2.21. The molecule has 12 heavy (non-hydrogen) atoms. The van der Waals surface area contributed by atoms with Crippen LogP contribution in [0.1, 0.15) is 19.8 Å². The Morgan fingerprint density at radius 2 is 2.00 bits per heavy atom. The summed E-state index contributed by atoms with van der Waals surface area (Å²) in [5, 5.41) is 3.36. The lowest BCUT2D eigenvalue weighted by Crippen LogP contribution is -2.33. The van der Waals surface area contributed by atoms with Crippen molar-refractivity contribution in [2.75, 3.05) is 33.7 Å². The first-order valence-corrected chi connectivity index (χ1v) is 4.75. The molecule has 0 saturated carbocycles. The SMILES string of the molecule is CC(CN)NCCCCN(C)C. The highest BCUT2D eigenvalue weighted by Gasteiger charge is 1.96. The summed E-state index contributed by atoms with van der Waals surface area (Å²) in [6, 6.07) is 0.462. The lowest BCUT2D eigenvalue weighted by atomic mass is 10.2.